The molecule has 2 amide bonds. The molecule has 1 aliphatic heterocycles. The monoisotopic (exact) mass is 383 g/mol. The number of nitrogens with two attached hydrogens (primary N) is 1. The molecule has 3 N–H and O–H groups in total. The number of piperidine rings is 1. The van der Waals surface area contributed by atoms with Crippen LogP contribution in [0.5, 0.6) is 0 Å². The van der Waals surface area contributed by atoms with Crippen molar-refractivity contribution < 1.29 is 14.3 Å². The van der Waals surface area contributed by atoms with Crippen LogP contribution in [0.25, 0.3) is 0 Å². The molecule has 6 nitrogen and oxygen atoms in total. The molecule has 1 heterocycles. The van der Waals surface area contributed by atoms with Crippen LogP contribution in [0.2, 0.25) is 0 Å². The van der Waals surface area contributed by atoms with Gasteiger partial charge in [-0.25, -0.2) is 0 Å². The van der Waals surface area contributed by atoms with Gasteiger partial charge >= 0.3 is 0 Å². The number of benzene rings is 1. The van der Waals surface area contributed by atoms with E-state index in [9.17, 15) is 9.59 Å². The van der Waals surface area contributed by atoms with Crippen molar-refractivity contribution in [1.82, 2.24) is 10.2 Å². The van der Waals surface area contributed by atoms with Crippen LogP contribution in [-0.4, -0.2) is 50.1 Å². The van der Waals surface area contributed by atoms with E-state index in [1.807, 2.05) is 30.3 Å². The standard InChI is InChI=1S/C19H29N3O3.ClH/c1-19(20,16-7-4-3-5-8-16)18(24)22-12-9-15(10-13-22)17(23)21-11-6-14-25-2;/h3-5,7-8,15H,6,9-14,20H2,1-2H3,(H,21,23);1H. The summed E-state index contributed by atoms with van der Waals surface area (Å²) in [5.74, 6) is -0.0493. The molecule has 0 bridgehead atoms. The lowest BCUT2D eigenvalue weighted by Gasteiger charge is -2.36. The third kappa shape index (κ3) is 5.69. The van der Waals surface area contributed by atoms with E-state index in [4.69, 9.17) is 10.5 Å². The summed E-state index contributed by atoms with van der Waals surface area (Å²) in [7, 11) is 1.65. The van der Waals surface area contributed by atoms with Gasteiger partial charge in [-0.05, 0) is 31.7 Å². The molecule has 1 fully saturated rings. The van der Waals surface area contributed by atoms with Crippen LogP contribution >= 0.6 is 12.4 Å². The van der Waals surface area contributed by atoms with E-state index in [0.29, 0.717) is 39.1 Å². The highest BCUT2D eigenvalue weighted by Crippen LogP contribution is 2.24. The minimum Gasteiger partial charge on any atom is -0.385 e. The average molecular weight is 384 g/mol. The van der Waals surface area contributed by atoms with E-state index < -0.39 is 5.54 Å². The second-order valence-corrected chi connectivity index (χ2v) is 6.77. The maximum absolute atomic E-state index is 12.8. The molecule has 1 aromatic rings. The van der Waals surface area contributed by atoms with E-state index in [1.54, 1.807) is 18.9 Å². The quantitative estimate of drug-likeness (QED) is 0.701. The van der Waals surface area contributed by atoms with Gasteiger partial charge in [-0.15, -0.1) is 12.4 Å². The minimum atomic E-state index is -1.05. The Kier molecular flexibility index (Phi) is 9.05. The van der Waals surface area contributed by atoms with Crippen molar-refractivity contribution in [1.29, 1.82) is 0 Å². The van der Waals surface area contributed by atoms with Gasteiger partial charge in [0.05, 0.1) is 0 Å². The summed E-state index contributed by atoms with van der Waals surface area (Å²) >= 11 is 0. The second-order valence-electron chi connectivity index (χ2n) is 6.77. The Balaban J connectivity index is 0.00000338. The Bertz CT molecular complexity index is 573. The van der Waals surface area contributed by atoms with E-state index >= 15 is 0 Å². The summed E-state index contributed by atoms with van der Waals surface area (Å²) < 4.78 is 4.97. The summed E-state index contributed by atoms with van der Waals surface area (Å²) in [4.78, 5) is 26.8. The molecule has 0 saturated carbocycles. The summed E-state index contributed by atoms with van der Waals surface area (Å²) in [6.07, 6.45) is 2.15. The number of rotatable bonds is 7. The molecule has 1 unspecified atom stereocenters. The van der Waals surface area contributed by atoms with E-state index in [2.05, 4.69) is 5.32 Å². The zero-order valence-electron chi connectivity index (χ0n) is 15.6. The highest BCUT2D eigenvalue weighted by Gasteiger charge is 2.36. The van der Waals surface area contributed by atoms with Crippen molar-refractivity contribution >= 4 is 24.2 Å². The predicted octanol–water partition coefficient (Wildman–Crippen LogP) is 1.67. The van der Waals surface area contributed by atoms with Gasteiger partial charge in [0.1, 0.15) is 5.54 Å². The van der Waals surface area contributed by atoms with Gasteiger partial charge in [-0.1, -0.05) is 30.3 Å². The summed E-state index contributed by atoms with van der Waals surface area (Å²) in [5, 5.41) is 2.94. The Hall–Kier alpha value is -1.63. The number of halogens is 1. The third-order valence-electron chi connectivity index (χ3n) is 4.80. The number of likely N-dealkylation sites (tertiary alicyclic amines) is 1. The summed E-state index contributed by atoms with van der Waals surface area (Å²) in [6.45, 7) is 4.14. The molecule has 26 heavy (non-hydrogen) atoms. The van der Waals surface area contributed by atoms with E-state index in [1.165, 1.54) is 0 Å². The fourth-order valence-corrected chi connectivity index (χ4v) is 3.15. The zero-order chi connectivity index (χ0) is 18.3. The number of carbonyl (C=O) groups is 2. The molecule has 1 aliphatic rings. The fraction of sp³-hybridized carbons (Fsp3) is 0.579. The van der Waals surface area contributed by atoms with Crippen LogP contribution < -0.4 is 11.1 Å². The molecule has 2 rings (SSSR count). The Morgan fingerprint density at radius 1 is 1.27 bits per heavy atom. The highest BCUT2D eigenvalue weighted by molar-refractivity contribution is 5.87. The number of hydrogen-bond donors (Lipinski definition) is 2. The van der Waals surface area contributed by atoms with Crippen LogP contribution in [0.4, 0.5) is 0 Å². The first-order chi connectivity index (χ1) is 12.0. The molecule has 146 valence electrons. The molecule has 0 aromatic heterocycles. The van der Waals surface area contributed by atoms with Crippen molar-refractivity contribution in [2.75, 3.05) is 33.4 Å². The van der Waals surface area contributed by atoms with Gasteiger partial charge in [-0.2, -0.15) is 0 Å². The van der Waals surface area contributed by atoms with E-state index in [-0.39, 0.29) is 30.1 Å². The summed E-state index contributed by atoms with van der Waals surface area (Å²) in [5.41, 5.74) is 6.08. The maximum Gasteiger partial charge on any atom is 0.246 e. The van der Waals surface area contributed by atoms with Gasteiger partial charge < -0.3 is 20.7 Å². The van der Waals surface area contributed by atoms with Crippen molar-refractivity contribution in [2.24, 2.45) is 11.7 Å². The Labute approximate surface area is 161 Å². The molecular formula is C19H30ClN3O3. The van der Waals surface area contributed by atoms with Gasteiger partial charge in [0.15, 0.2) is 0 Å². The molecule has 1 aromatic carbocycles. The smallest absolute Gasteiger partial charge is 0.246 e. The maximum atomic E-state index is 12.8. The van der Waals surface area contributed by atoms with Crippen LogP contribution in [-0.2, 0) is 19.9 Å². The van der Waals surface area contributed by atoms with Gasteiger partial charge in [0.2, 0.25) is 11.8 Å². The molecule has 1 saturated heterocycles. The average Bonchev–Trinajstić information content (AvgIpc) is 2.65. The van der Waals surface area contributed by atoms with Crippen LogP contribution in [0.15, 0.2) is 30.3 Å². The first-order valence-electron chi connectivity index (χ1n) is 8.87. The number of nitrogens with one attached hydrogen (secondary N) is 1. The Morgan fingerprint density at radius 2 is 1.88 bits per heavy atom. The third-order valence-corrected chi connectivity index (χ3v) is 4.80. The number of amides is 2. The molecule has 0 radical (unpaired) electrons. The predicted molar refractivity (Wildman–Crippen MR) is 104 cm³/mol. The van der Waals surface area contributed by atoms with Crippen molar-refractivity contribution in [3.8, 4) is 0 Å². The number of ether oxygens (including phenoxy) is 1. The SMILES string of the molecule is COCCCNC(=O)C1CCN(C(=O)C(C)(N)c2ccccc2)CC1.Cl. The minimum absolute atomic E-state index is 0. The Morgan fingerprint density at radius 3 is 2.46 bits per heavy atom. The van der Waals surface area contributed by atoms with Gasteiger partial charge in [-0.3, -0.25) is 9.59 Å². The van der Waals surface area contributed by atoms with Crippen molar-refractivity contribution in [2.45, 2.75) is 31.7 Å². The normalized spacial score (nSPS) is 17.1. The van der Waals surface area contributed by atoms with E-state index in [0.717, 1.165) is 12.0 Å². The van der Waals surface area contributed by atoms with Crippen molar-refractivity contribution in [3.05, 3.63) is 35.9 Å². The molecular weight excluding hydrogens is 354 g/mol. The first kappa shape index (κ1) is 22.4. The number of methoxy groups -OCH3 is 1. The van der Waals surface area contributed by atoms with Crippen LogP contribution in [0.3, 0.4) is 0 Å². The largest absolute Gasteiger partial charge is 0.385 e. The van der Waals surface area contributed by atoms with Gasteiger partial charge in [0.25, 0.3) is 0 Å². The summed E-state index contributed by atoms with van der Waals surface area (Å²) in [6, 6.07) is 9.42. The number of nitrogens with zero attached hydrogens (tertiary/aromatic N) is 1. The van der Waals surface area contributed by atoms with Crippen LogP contribution in [0, 0.1) is 5.92 Å². The van der Waals surface area contributed by atoms with Gasteiger partial charge in [0, 0.05) is 39.3 Å². The fourth-order valence-electron chi connectivity index (χ4n) is 3.15. The molecule has 1 atom stereocenters. The lowest BCUT2D eigenvalue weighted by molar-refractivity contribution is -0.140. The molecule has 7 heteroatoms. The molecule has 0 spiro atoms. The number of carbonyl (C=O) groups excluding carboxylic acids is 2. The van der Waals surface area contributed by atoms with Crippen molar-refractivity contribution in [3.63, 3.8) is 0 Å². The lowest BCUT2D eigenvalue weighted by Crippen LogP contribution is -2.53. The highest BCUT2D eigenvalue weighted by atomic mass is 35.5. The number of hydrogen-bond acceptors (Lipinski definition) is 4. The topological polar surface area (TPSA) is 84.7 Å². The molecule has 0 aliphatic carbocycles. The second kappa shape index (κ2) is 10.5. The first-order valence-corrected chi connectivity index (χ1v) is 8.87. The lowest BCUT2D eigenvalue weighted by atomic mass is 9.89. The zero-order valence-corrected chi connectivity index (χ0v) is 16.4. The van der Waals surface area contributed by atoms with Crippen LogP contribution in [0.1, 0.15) is 31.7 Å².